The highest BCUT2D eigenvalue weighted by Gasteiger charge is 2.31. The standard InChI is InChI=1S/C22H29N3O6S/c1-12-9-25(10-13(2)31-12)18(26)11-30-16-7-6-15(8-17(16)28-4)20-19(21(27)29-5)14(3)23-22(32)24-20/h6-8,12-13,20H,9-11H2,1-5H3,(H2,23,24,32)/t12-,13-,20+/m0/s1. The number of hydrogen-bond acceptors (Lipinski definition) is 7. The van der Waals surface area contributed by atoms with Gasteiger partial charge in [0, 0.05) is 18.8 Å². The number of ether oxygens (including phenoxy) is 4. The highest BCUT2D eigenvalue weighted by atomic mass is 32.1. The molecule has 0 spiro atoms. The van der Waals surface area contributed by atoms with E-state index in [1.165, 1.54) is 14.2 Å². The Kier molecular flexibility index (Phi) is 7.57. The summed E-state index contributed by atoms with van der Waals surface area (Å²) in [6, 6.07) is 4.74. The number of rotatable bonds is 6. The number of esters is 1. The Morgan fingerprint density at radius 1 is 1.19 bits per heavy atom. The van der Waals surface area contributed by atoms with Crippen molar-refractivity contribution < 1.29 is 28.5 Å². The van der Waals surface area contributed by atoms with Gasteiger partial charge in [-0.3, -0.25) is 4.79 Å². The van der Waals surface area contributed by atoms with Crippen LogP contribution in [0.15, 0.2) is 29.5 Å². The van der Waals surface area contributed by atoms with Gasteiger partial charge >= 0.3 is 5.97 Å². The van der Waals surface area contributed by atoms with Gasteiger partial charge in [0.1, 0.15) is 0 Å². The van der Waals surface area contributed by atoms with Gasteiger partial charge < -0.3 is 34.5 Å². The first kappa shape index (κ1) is 23.8. The molecule has 0 unspecified atom stereocenters. The average Bonchev–Trinajstić information content (AvgIpc) is 2.75. The molecule has 32 heavy (non-hydrogen) atoms. The molecule has 2 aliphatic heterocycles. The van der Waals surface area contributed by atoms with Crippen molar-refractivity contribution in [2.24, 2.45) is 0 Å². The van der Waals surface area contributed by atoms with E-state index < -0.39 is 12.0 Å². The van der Waals surface area contributed by atoms with Crippen molar-refractivity contribution in [2.45, 2.75) is 39.0 Å². The minimum Gasteiger partial charge on any atom is -0.493 e. The topological polar surface area (TPSA) is 98.4 Å². The third-order valence-electron chi connectivity index (χ3n) is 5.32. The lowest BCUT2D eigenvalue weighted by Crippen LogP contribution is -2.49. The molecule has 10 heteroatoms. The van der Waals surface area contributed by atoms with Crippen molar-refractivity contribution in [3.05, 3.63) is 35.0 Å². The molecule has 174 valence electrons. The quantitative estimate of drug-likeness (QED) is 0.482. The molecule has 1 aromatic rings. The lowest BCUT2D eigenvalue weighted by atomic mass is 9.95. The van der Waals surface area contributed by atoms with Gasteiger partial charge in [-0.15, -0.1) is 0 Å². The van der Waals surface area contributed by atoms with Crippen molar-refractivity contribution in [3.63, 3.8) is 0 Å². The number of benzene rings is 1. The summed E-state index contributed by atoms with van der Waals surface area (Å²) in [4.78, 5) is 26.7. The second kappa shape index (κ2) is 10.2. The molecule has 3 atom stereocenters. The molecule has 0 saturated carbocycles. The molecular weight excluding hydrogens is 434 g/mol. The summed E-state index contributed by atoms with van der Waals surface area (Å²) in [5, 5.41) is 6.44. The van der Waals surface area contributed by atoms with Crippen LogP contribution in [0.4, 0.5) is 0 Å². The lowest BCUT2D eigenvalue weighted by molar-refractivity contribution is -0.145. The SMILES string of the molecule is COC(=O)C1=C(C)NC(=S)N[C@@H]1c1ccc(OCC(=O)N2C[C@H](C)O[C@@H](C)C2)c(OC)c1. The molecule has 0 aromatic heterocycles. The fraction of sp³-hybridized carbons (Fsp3) is 0.500. The van der Waals surface area contributed by atoms with Crippen LogP contribution in [0, 0.1) is 0 Å². The Labute approximate surface area is 193 Å². The number of amides is 1. The summed E-state index contributed by atoms with van der Waals surface area (Å²) in [5.41, 5.74) is 1.77. The molecule has 0 radical (unpaired) electrons. The number of methoxy groups -OCH3 is 2. The van der Waals surface area contributed by atoms with E-state index in [2.05, 4.69) is 10.6 Å². The highest BCUT2D eigenvalue weighted by molar-refractivity contribution is 7.80. The number of thiocarbonyl (C=S) groups is 1. The van der Waals surface area contributed by atoms with E-state index in [4.69, 9.17) is 31.2 Å². The number of hydrogen-bond donors (Lipinski definition) is 2. The van der Waals surface area contributed by atoms with Crippen molar-refractivity contribution in [1.29, 1.82) is 0 Å². The van der Waals surface area contributed by atoms with Crippen LogP contribution in [0.2, 0.25) is 0 Å². The molecule has 2 heterocycles. The Morgan fingerprint density at radius 3 is 2.50 bits per heavy atom. The number of carbonyl (C=O) groups is 2. The average molecular weight is 464 g/mol. The van der Waals surface area contributed by atoms with Gasteiger partial charge in [0.2, 0.25) is 0 Å². The molecule has 1 aromatic carbocycles. The van der Waals surface area contributed by atoms with Crippen LogP contribution in [-0.4, -0.2) is 68.0 Å². The van der Waals surface area contributed by atoms with Gasteiger partial charge in [-0.05, 0) is 50.7 Å². The van der Waals surface area contributed by atoms with Gasteiger partial charge in [0.15, 0.2) is 23.2 Å². The molecule has 1 fully saturated rings. The second-order valence-electron chi connectivity index (χ2n) is 7.82. The zero-order chi connectivity index (χ0) is 23.4. The fourth-order valence-corrected chi connectivity index (χ4v) is 4.19. The van der Waals surface area contributed by atoms with Gasteiger partial charge in [-0.25, -0.2) is 4.79 Å². The summed E-state index contributed by atoms with van der Waals surface area (Å²) in [7, 11) is 2.85. The molecule has 0 aliphatic carbocycles. The monoisotopic (exact) mass is 463 g/mol. The maximum absolute atomic E-state index is 12.6. The Bertz CT molecular complexity index is 924. The fourth-order valence-electron chi connectivity index (χ4n) is 3.92. The highest BCUT2D eigenvalue weighted by Crippen LogP contribution is 2.34. The Balaban J connectivity index is 1.77. The van der Waals surface area contributed by atoms with Crippen molar-refractivity contribution >= 4 is 29.2 Å². The van der Waals surface area contributed by atoms with Crippen LogP contribution >= 0.6 is 12.2 Å². The molecule has 1 saturated heterocycles. The third kappa shape index (κ3) is 5.31. The summed E-state index contributed by atoms with van der Waals surface area (Å²) in [6.07, 6.45) is -0.0267. The first-order valence-electron chi connectivity index (χ1n) is 10.3. The number of nitrogens with zero attached hydrogens (tertiary/aromatic N) is 1. The van der Waals surface area contributed by atoms with E-state index in [1.54, 1.807) is 30.0 Å². The molecule has 3 rings (SSSR count). The zero-order valence-corrected chi connectivity index (χ0v) is 19.7. The predicted octanol–water partition coefficient (Wildman–Crippen LogP) is 1.68. The maximum atomic E-state index is 12.6. The molecule has 9 nitrogen and oxygen atoms in total. The van der Waals surface area contributed by atoms with Crippen LogP contribution in [0.3, 0.4) is 0 Å². The van der Waals surface area contributed by atoms with Gasteiger partial charge in [-0.2, -0.15) is 0 Å². The molecule has 0 bridgehead atoms. The minimum absolute atomic E-state index is 0.0133. The number of morpholine rings is 1. The van der Waals surface area contributed by atoms with E-state index in [-0.39, 0.29) is 24.7 Å². The maximum Gasteiger partial charge on any atom is 0.337 e. The number of allylic oxidation sites excluding steroid dienone is 1. The molecule has 1 amide bonds. The van der Waals surface area contributed by atoms with Crippen molar-refractivity contribution in [2.75, 3.05) is 33.9 Å². The number of nitrogens with one attached hydrogen (secondary N) is 2. The summed E-state index contributed by atoms with van der Waals surface area (Å²) < 4.78 is 21.9. The van der Waals surface area contributed by atoms with Crippen molar-refractivity contribution in [1.82, 2.24) is 15.5 Å². The van der Waals surface area contributed by atoms with Gasteiger partial charge in [0.25, 0.3) is 5.91 Å². The summed E-state index contributed by atoms with van der Waals surface area (Å²) in [5.74, 6) is 0.284. The van der Waals surface area contributed by atoms with E-state index in [0.29, 0.717) is 41.0 Å². The van der Waals surface area contributed by atoms with E-state index in [9.17, 15) is 9.59 Å². The van der Waals surface area contributed by atoms with Crippen LogP contribution in [-0.2, 0) is 19.1 Å². The number of carbonyl (C=O) groups excluding carboxylic acids is 2. The molecule has 2 N–H and O–H groups in total. The second-order valence-corrected chi connectivity index (χ2v) is 8.22. The van der Waals surface area contributed by atoms with Crippen LogP contribution < -0.4 is 20.1 Å². The minimum atomic E-state index is -0.517. The summed E-state index contributed by atoms with van der Waals surface area (Å²) in [6.45, 7) is 6.60. The van der Waals surface area contributed by atoms with Gasteiger partial charge in [0.05, 0.1) is 38.0 Å². The summed E-state index contributed by atoms with van der Waals surface area (Å²) >= 11 is 5.26. The van der Waals surface area contributed by atoms with Crippen molar-refractivity contribution in [3.8, 4) is 11.5 Å². The first-order chi connectivity index (χ1) is 15.2. The smallest absolute Gasteiger partial charge is 0.337 e. The van der Waals surface area contributed by atoms with Crippen LogP contribution in [0.25, 0.3) is 0 Å². The van der Waals surface area contributed by atoms with E-state index in [1.807, 2.05) is 13.8 Å². The molecular formula is C22H29N3O6S. The third-order valence-corrected chi connectivity index (χ3v) is 5.54. The first-order valence-corrected chi connectivity index (χ1v) is 10.7. The van der Waals surface area contributed by atoms with E-state index >= 15 is 0 Å². The largest absolute Gasteiger partial charge is 0.493 e. The van der Waals surface area contributed by atoms with Crippen LogP contribution in [0.1, 0.15) is 32.4 Å². The van der Waals surface area contributed by atoms with E-state index in [0.717, 1.165) is 5.56 Å². The normalized spacial score (nSPS) is 23.2. The zero-order valence-electron chi connectivity index (χ0n) is 18.9. The Hall–Kier alpha value is -2.85. The van der Waals surface area contributed by atoms with Gasteiger partial charge in [-0.1, -0.05) is 6.07 Å². The lowest BCUT2D eigenvalue weighted by Gasteiger charge is -2.35. The Morgan fingerprint density at radius 2 is 1.88 bits per heavy atom. The predicted molar refractivity (Wildman–Crippen MR) is 121 cm³/mol. The van der Waals surface area contributed by atoms with Crippen LogP contribution in [0.5, 0.6) is 11.5 Å². The molecule has 2 aliphatic rings.